The van der Waals surface area contributed by atoms with Crippen molar-refractivity contribution in [2.45, 2.75) is 11.0 Å². The van der Waals surface area contributed by atoms with Gasteiger partial charge in [0.15, 0.2) is 6.10 Å². The molecule has 3 rings (SSSR count). The van der Waals surface area contributed by atoms with Crippen molar-refractivity contribution in [1.29, 1.82) is 0 Å². The Kier molecular flexibility index (Phi) is 6.96. The summed E-state index contributed by atoms with van der Waals surface area (Å²) in [6.45, 7) is 0.145. The topological polar surface area (TPSA) is 122 Å². The number of carbonyl (C=O) groups is 1. The molecular weight excluding hydrogens is 458 g/mol. The Bertz CT molecular complexity index is 1180. The van der Waals surface area contributed by atoms with Crippen molar-refractivity contribution in [2.24, 2.45) is 0 Å². The number of fused-ring (bicyclic) bond motifs is 1. The van der Waals surface area contributed by atoms with E-state index in [-0.39, 0.29) is 24.6 Å². The van der Waals surface area contributed by atoms with Crippen LogP contribution in [0.3, 0.4) is 0 Å². The van der Waals surface area contributed by atoms with Crippen LogP contribution in [0.1, 0.15) is 0 Å². The van der Waals surface area contributed by atoms with Crippen molar-refractivity contribution in [3.05, 3.63) is 48.5 Å². The van der Waals surface area contributed by atoms with Crippen LogP contribution in [-0.4, -0.2) is 73.2 Å². The molecule has 0 aliphatic carbocycles. The average molecular weight is 484 g/mol. The summed E-state index contributed by atoms with van der Waals surface area (Å²) in [5.74, 6) is 0.292. The molecule has 1 atom stereocenters. The number of benzene rings is 2. The predicted octanol–water partition coefficient (Wildman–Crippen LogP) is 0.659. The number of hydrogen-bond donors (Lipinski definition) is 1. The molecule has 1 aliphatic rings. The van der Waals surface area contributed by atoms with E-state index < -0.39 is 32.1 Å². The first-order valence-electron chi connectivity index (χ1n) is 9.66. The molecule has 2 aromatic rings. The van der Waals surface area contributed by atoms with Gasteiger partial charge < -0.3 is 14.8 Å². The molecule has 12 heteroatoms. The van der Waals surface area contributed by atoms with E-state index in [2.05, 4.69) is 5.32 Å². The van der Waals surface area contributed by atoms with Crippen molar-refractivity contribution < 1.29 is 31.1 Å². The maximum Gasteiger partial charge on any atom is 0.263 e. The standard InChI is InChI=1S/C20H25N3O7S2/c1-22(2)32(27,28)16-10-8-15(9-11-16)29-13-12-21-20(24)19-14-23(31(3,25)26)17-6-4-5-7-18(17)30-19/h4-11,19H,12-14H2,1-3H3,(H,21,24)/t19-/m0/s1. The Morgan fingerprint density at radius 1 is 1.12 bits per heavy atom. The van der Waals surface area contributed by atoms with Gasteiger partial charge in [-0.05, 0) is 36.4 Å². The minimum Gasteiger partial charge on any atom is -0.492 e. The fourth-order valence-corrected chi connectivity index (χ4v) is 4.84. The molecule has 0 radical (unpaired) electrons. The molecule has 1 aliphatic heterocycles. The number of ether oxygens (including phenoxy) is 2. The fourth-order valence-electron chi connectivity index (χ4n) is 3.03. The smallest absolute Gasteiger partial charge is 0.263 e. The molecular formula is C20H25N3O7S2. The number of rotatable bonds is 8. The Hall–Kier alpha value is -2.83. The molecule has 32 heavy (non-hydrogen) atoms. The van der Waals surface area contributed by atoms with E-state index in [4.69, 9.17) is 9.47 Å². The lowest BCUT2D eigenvalue weighted by molar-refractivity contribution is -0.127. The second-order valence-electron chi connectivity index (χ2n) is 7.27. The van der Waals surface area contributed by atoms with Gasteiger partial charge in [-0.3, -0.25) is 9.10 Å². The summed E-state index contributed by atoms with van der Waals surface area (Å²) >= 11 is 0. The monoisotopic (exact) mass is 483 g/mol. The number of anilines is 1. The maximum absolute atomic E-state index is 12.5. The SMILES string of the molecule is CN(C)S(=O)(=O)c1ccc(OCCNC(=O)[C@@H]2CN(S(C)(=O)=O)c3ccccc3O2)cc1. The summed E-state index contributed by atoms with van der Waals surface area (Å²) < 4.78 is 61.9. The summed E-state index contributed by atoms with van der Waals surface area (Å²) in [4.78, 5) is 12.7. The first kappa shape index (κ1) is 23.8. The summed E-state index contributed by atoms with van der Waals surface area (Å²) in [6, 6.07) is 12.6. The quantitative estimate of drug-likeness (QED) is 0.547. The lowest BCUT2D eigenvalue weighted by Crippen LogP contribution is -2.51. The van der Waals surface area contributed by atoms with Gasteiger partial charge in [0.05, 0.1) is 29.9 Å². The highest BCUT2D eigenvalue weighted by molar-refractivity contribution is 7.92. The minimum atomic E-state index is -3.58. The minimum absolute atomic E-state index is 0.130. The summed E-state index contributed by atoms with van der Waals surface area (Å²) in [5.41, 5.74) is 0.391. The molecule has 1 heterocycles. The molecule has 0 fully saturated rings. The molecule has 0 aromatic heterocycles. The van der Waals surface area contributed by atoms with Crippen LogP contribution in [0.2, 0.25) is 0 Å². The van der Waals surface area contributed by atoms with Crippen LogP contribution in [-0.2, 0) is 24.8 Å². The molecule has 10 nitrogen and oxygen atoms in total. The largest absolute Gasteiger partial charge is 0.492 e. The van der Waals surface area contributed by atoms with E-state index in [1.165, 1.54) is 38.4 Å². The highest BCUT2D eigenvalue weighted by Gasteiger charge is 2.34. The molecule has 0 unspecified atom stereocenters. The van der Waals surface area contributed by atoms with Crippen LogP contribution in [0.15, 0.2) is 53.4 Å². The van der Waals surface area contributed by atoms with Crippen LogP contribution in [0.4, 0.5) is 5.69 Å². The van der Waals surface area contributed by atoms with Crippen molar-refractivity contribution >= 4 is 31.6 Å². The molecule has 0 bridgehead atoms. The summed E-state index contributed by atoms with van der Waals surface area (Å²) in [6.07, 6.45) is 0.0719. The normalized spacial score (nSPS) is 16.2. The number of para-hydroxylation sites is 2. The van der Waals surface area contributed by atoms with Gasteiger partial charge in [-0.25, -0.2) is 21.1 Å². The van der Waals surface area contributed by atoms with E-state index in [0.29, 0.717) is 17.2 Å². The number of sulfonamides is 2. The first-order chi connectivity index (χ1) is 15.0. The lowest BCUT2D eigenvalue weighted by atomic mass is 10.2. The fraction of sp³-hybridized carbons (Fsp3) is 0.350. The number of carbonyl (C=O) groups excluding carboxylic acids is 1. The van der Waals surface area contributed by atoms with Crippen molar-refractivity contribution in [3.63, 3.8) is 0 Å². The van der Waals surface area contributed by atoms with E-state index in [1.807, 2.05) is 0 Å². The van der Waals surface area contributed by atoms with Crippen LogP contribution in [0.25, 0.3) is 0 Å². The molecule has 0 saturated heterocycles. The molecule has 2 aromatic carbocycles. The molecule has 1 amide bonds. The van der Waals surface area contributed by atoms with Crippen LogP contribution in [0, 0.1) is 0 Å². The van der Waals surface area contributed by atoms with Crippen molar-refractivity contribution in [1.82, 2.24) is 9.62 Å². The number of nitrogens with one attached hydrogen (secondary N) is 1. The second-order valence-corrected chi connectivity index (χ2v) is 11.3. The molecule has 174 valence electrons. The summed E-state index contributed by atoms with van der Waals surface area (Å²) in [5, 5.41) is 2.66. The van der Waals surface area contributed by atoms with Gasteiger partial charge in [0.2, 0.25) is 20.0 Å². The Morgan fingerprint density at radius 3 is 2.41 bits per heavy atom. The van der Waals surface area contributed by atoms with Crippen LogP contribution in [0.5, 0.6) is 11.5 Å². The maximum atomic E-state index is 12.5. The van der Waals surface area contributed by atoms with Crippen molar-refractivity contribution in [3.8, 4) is 11.5 Å². The lowest BCUT2D eigenvalue weighted by Gasteiger charge is -2.33. The van der Waals surface area contributed by atoms with E-state index in [9.17, 15) is 21.6 Å². The Balaban J connectivity index is 1.54. The molecule has 1 N–H and O–H groups in total. The number of amides is 1. The van der Waals surface area contributed by atoms with E-state index in [1.54, 1.807) is 24.3 Å². The molecule has 0 spiro atoms. The first-order valence-corrected chi connectivity index (χ1v) is 13.0. The Morgan fingerprint density at radius 2 is 1.78 bits per heavy atom. The van der Waals surface area contributed by atoms with Gasteiger partial charge in [0.1, 0.15) is 18.1 Å². The summed E-state index contributed by atoms with van der Waals surface area (Å²) in [7, 11) is -4.20. The predicted molar refractivity (Wildman–Crippen MR) is 119 cm³/mol. The number of nitrogens with zero attached hydrogens (tertiary/aromatic N) is 2. The zero-order chi connectivity index (χ0) is 23.5. The third-order valence-electron chi connectivity index (χ3n) is 4.70. The zero-order valence-corrected chi connectivity index (χ0v) is 19.5. The van der Waals surface area contributed by atoms with Gasteiger partial charge >= 0.3 is 0 Å². The van der Waals surface area contributed by atoms with Gasteiger partial charge in [-0.15, -0.1) is 0 Å². The van der Waals surface area contributed by atoms with Crippen molar-refractivity contribution in [2.75, 3.05) is 44.4 Å². The zero-order valence-electron chi connectivity index (χ0n) is 17.9. The van der Waals surface area contributed by atoms with Crippen LogP contribution < -0.4 is 19.1 Å². The van der Waals surface area contributed by atoms with E-state index in [0.717, 1.165) is 14.9 Å². The van der Waals surface area contributed by atoms with Gasteiger partial charge in [-0.1, -0.05) is 12.1 Å². The van der Waals surface area contributed by atoms with E-state index >= 15 is 0 Å². The second kappa shape index (κ2) is 9.35. The van der Waals surface area contributed by atoms with Gasteiger partial charge in [-0.2, -0.15) is 0 Å². The highest BCUT2D eigenvalue weighted by Crippen LogP contribution is 2.34. The third-order valence-corrected chi connectivity index (χ3v) is 7.68. The van der Waals surface area contributed by atoms with Gasteiger partial charge in [0, 0.05) is 14.1 Å². The highest BCUT2D eigenvalue weighted by atomic mass is 32.2. The van der Waals surface area contributed by atoms with Crippen LogP contribution >= 0.6 is 0 Å². The van der Waals surface area contributed by atoms with Gasteiger partial charge in [0.25, 0.3) is 5.91 Å². The third kappa shape index (κ3) is 5.31. The average Bonchev–Trinajstić information content (AvgIpc) is 2.75. The Labute approximate surface area is 187 Å². The molecule has 0 saturated carbocycles. The number of hydrogen-bond acceptors (Lipinski definition) is 7.